The summed E-state index contributed by atoms with van der Waals surface area (Å²) in [7, 11) is -3.93. The number of rotatable bonds is 11. The number of carbonyl (C=O) groups is 1. The molecule has 2 atom stereocenters. The van der Waals surface area contributed by atoms with Crippen LogP contribution in [0.3, 0.4) is 0 Å². The summed E-state index contributed by atoms with van der Waals surface area (Å²) in [5, 5.41) is 10.2. The molecule has 1 saturated heterocycles. The first-order valence-electron chi connectivity index (χ1n) is 10.9. The molecule has 0 radical (unpaired) electrons. The molecule has 1 aliphatic rings. The number of sulfonamides is 1. The van der Waals surface area contributed by atoms with Gasteiger partial charge in [0.05, 0.1) is 27.4 Å². The van der Waals surface area contributed by atoms with Gasteiger partial charge in [-0.25, -0.2) is 8.42 Å². The van der Waals surface area contributed by atoms with Gasteiger partial charge in [0.25, 0.3) is 10.0 Å². The van der Waals surface area contributed by atoms with Crippen LogP contribution in [-0.2, 0) is 14.8 Å². The van der Waals surface area contributed by atoms with Crippen molar-refractivity contribution in [3.05, 3.63) is 57.5 Å². The van der Waals surface area contributed by atoms with E-state index in [9.17, 15) is 13.2 Å². The Balaban J connectivity index is 1.75. The Morgan fingerprint density at radius 3 is 2.50 bits per heavy atom. The van der Waals surface area contributed by atoms with Crippen LogP contribution in [0.15, 0.2) is 47.4 Å². The molecule has 1 fully saturated rings. The fourth-order valence-corrected chi connectivity index (χ4v) is 7.54. The predicted molar refractivity (Wildman–Crippen MR) is 141 cm³/mol. The average molecular weight is 566 g/mol. The van der Waals surface area contributed by atoms with Crippen molar-refractivity contribution in [1.29, 1.82) is 0 Å². The van der Waals surface area contributed by atoms with E-state index in [4.69, 9.17) is 39.9 Å². The van der Waals surface area contributed by atoms with Crippen molar-refractivity contribution < 1.29 is 18.3 Å². The van der Waals surface area contributed by atoms with Crippen molar-refractivity contribution in [2.45, 2.75) is 48.9 Å². The predicted octanol–water partition coefficient (Wildman–Crippen LogP) is 6.25. The van der Waals surface area contributed by atoms with E-state index in [1.807, 2.05) is 6.92 Å². The van der Waals surface area contributed by atoms with E-state index in [2.05, 4.69) is 4.90 Å². The molecule has 3 rings (SSSR count). The first-order valence-corrected chi connectivity index (χ1v) is 14.5. The van der Waals surface area contributed by atoms with Crippen molar-refractivity contribution in [2.24, 2.45) is 0 Å². The summed E-state index contributed by atoms with van der Waals surface area (Å²) in [6.07, 6.45) is 2.33. The molecule has 6 nitrogen and oxygen atoms in total. The van der Waals surface area contributed by atoms with Gasteiger partial charge in [0.2, 0.25) is 0 Å². The number of aliphatic carboxylic acids is 1. The van der Waals surface area contributed by atoms with Crippen LogP contribution in [-0.4, -0.2) is 54.7 Å². The lowest BCUT2D eigenvalue weighted by Crippen LogP contribution is -2.39. The van der Waals surface area contributed by atoms with Crippen LogP contribution < -0.4 is 4.31 Å². The van der Waals surface area contributed by atoms with Gasteiger partial charge in [0.1, 0.15) is 0 Å². The third kappa shape index (κ3) is 6.95. The number of hydrogen-bond acceptors (Lipinski definition) is 5. The van der Waals surface area contributed by atoms with Gasteiger partial charge < -0.3 is 5.11 Å². The number of halogens is 3. The van der Waals surface area contributed by atoms with Gasteiger partial charge in [-0.05, 0) is 68.8 Å². The Labute approximate surface area is 220 Å². The van der Waals surface area contributed by atoms with Crippen LogP contribution >= 0.6 is 46.6 Å². The van der Waals surface area contributed by atoms with E-state index in [1.165, 1.54) is 16.4 Å². The SMILES string of the molecule is CC(CCCCN1CCS[C@@H]1CC(=O)O)N(c1cc(Cl)ccc1Cl)S(=O)(=O)c1ccc(Cl)cc1. The highest BCUT2D eigenvalue weighted by Crippen LogP contribution is 2.36. The molecule has 0 aliphatic carbocycles. The molecule has 1 N–H and O–H groups in total. The van der Waals surface area contributed by atoms with E-state index in [-0.39, 0.29) is 22.7 Å². The quantitative estimate of drug-likeness (QED) is 0.325. The van der Waals surface area contributed by atoms with Crippen LogP contribution in [0.2, 0.25) is 15.1 Å². The third-order valence-electron chi connectivity index (χ3n) is 5.68. The summed E-state index contributed by atoms with van der Waals surface area (Å²) in [6.45, 7) is 3.50. The summed E-state index contributed by atoms with van der Waals surface area (Å²) in [5.41, 5.74) is 0.328. The second kappa shape index (κ2) is 12.2. The van der Waals surface area contributed by atoms with Gasteiger partial charge in [-0.3, -0.25) is 14.0 Å². The Morgan fingerprint density at radius 1 is 1.15 bits per heavy atom. The number of carboxylic acids is 1. The minimum absolute atomic E-state index is 0.00183. The van der Waals surface area contributed by atoms with E-state index in [0.29, 0.717) is 27.2 Å². The first-order chi connectivity index (χ1) is 16.1. The topological polar surface area (TPSA) is 77.9 Å². The molecule has 1 unspecified atom stereocenters. The molecule has 0 amide bonds. The van der Waals surface area contributed by atoms with E-state index >= 15 is 0 Å². The number of thioether (sulfide) groups is 1. The lowest BCUT2D eigenvalue weighted by Gasteiger charge is -2.31. The zero-order valence-electron chi connectivity index (χ0n) is 18.7. The van der Waals surface area contributed by atoms with E-state index in [1.54, 1.807) is 42.1 Å². The number of benzene rings is 2. The van der Waals surface area contributed by atoms with Gasteiger partial charge >= 0.3 is 5.97 Å². The number of anilines is 1. The molecule has 0 spiro atoms. The highest BCUT2D eigenvalue weighted by atomic mass is 35.5. The average Bonchev–Trinajstić information content (AvgIpc) is 3.20. The van der Waals surface area contributed by atoms with Crippen LogP contribution in [0, 0.1) is 0 Å². The Hall–Kier alpha value is -1.16. The normalized spacial score (nSPS) is 17.6. The second-order valence-corrected chi connectivity index (χ2v) is 12.5. The van der Waals surface area contributed by atoms with Gasteiger partial charge in [-0.15, -0.1) is 11.8 Å². The number of nitrogens with zero attached hydrogens (tertiary/aromatic N) is 2. The van der Waals surface area contributed by atoms with Crippen LogP contribution in [0.1, 0.15) is 32.6 Å². The number of hydrogen-bond donors (Lipinski definition) is 1. The third-order valence-corrected chi connectivity index (χ3v) is 9.70. The lowest BCUT2D eigenvalue weighted by molar-refractivity contribution is -0.137. The van der Waals surface area contributed by atoms with Crippen molar-refractivity contribution in [3.8, 4) is 0 Å². The van der Waals surface area contributed by atoms with Crippen molar-refractivity contribution in [3.63, 3.8) is 0 Å². The van der Waals surface area contributed by atoms with E-state index in [0.717, 1.165) is 31.7 Å². The zero-order valence-corrected chi connectivity index (χ0v) is 22.6. The Bertz CT molecular complexity index is 1100. The van der Waals surface area contributed by atoms with E-state index < -0.39 is 16.0 Å². The molecule has 1 aliphatic heterocycles. The molecule has 0 aromatic heterocycles. The fraction of sp³-hybridized carbons (Fsp3) is 0.435. The summed E-state index contributed by atoms with van der Waals surface area (Å²) in [4.78, 5) is 13.4. The highest BCUT2D eigenvalue weighted by molar-refractivity contribution is 8.00. The standard InChI is InChI=1S/C23H27Cl3N2O4S2/c1-16(4-2-3-11-27-12-13-33-22(27)15-23(29)30)28(21-14-18(25)7-10-20(21)26)34(31,32)19-8-5-17(24)6-9-19/h5-10,14,16,22H,2-4,11-13,15H2,1H3,(H,29,30)/t16?,22-/m1/s1. The molecule has 2 aromatic rings. The summed E-state index contributed by atoms with van der Waals surface area (Å²) in [6, 6.07) is 10.4. The molecule has 1 heterocycles. The van der Waals surface area contributed by atoms with Gasteiger partial charge in [-0.2, -0.15) is 0 Å². The Kier molecular flexibility index (Phi) is 9.83. The minimum Gasteiger partial charge on any atom is -0.481 e. The maximum Gasteiger partial charge on any atom is 0.305 e. The monoisotopic (exact) mass is 564 g/mol. The molecule has 0 bridgehead atoms. The Morgan fingerprint density at radius 2 is 1.82 bits per heavy atom. The lowest BCUT2D eigenvalue weighted by atomic mass is 10.1. The molecular formula is C23H27Cl3N2O4S2. The molecule has 186 valence electrons. The highest BCUT2D eigenvalue weighted by Gasteiger charge is 2.31. The molecule has 34 heavy (non-hydrogen) atoms. The first kappa shape index (κ1) is 27.4. The summed E-state index contributed by atoms with van der Waals surface area (Å²) >= 11 is 20.2. The smallest absolute Gasteiger partial charge is 0.305 e. The van der Waals surface area contributed by atoms with Gasteiger partial charge in [-0.1, -0.05) is 41.2 Å². The van der Waals surface area contributed by atoms with Crippen LogP contribution in [0.4, 0.5) is 5.69 Å². The molecular weight excluding hydrogens is 539 g/mol. The maximum atomic E-state index is 13.7. The van der Waals surface area contributed by atoms with Crippen LogP contribution in [0.5, 0.6) is 0 Å². The molecule has 11 heteroatoms. The zero-order chi connectivity index (χ0) is 24.9. The van der Waals surface area contributed by atoms with Gasteiger partial charge in [0, 0.05) is 28.4 Å². The summed E-state index contributed by atoms with van der Waals surface area (Å²) < 4.78 is 28.6. The van der Waals surface area contributed by atoms with Crippen molar-refractivity contribution in [2.75, 3.05) is 23.1 Å². The van der Waals surface area contributed by atoms with Crippen molar-refractivity contribution in [1.82, 2.24) is 4.90 Å². The minimum atomic E-state index is -3.93. The van der Waals surface area contributed by atoms with Gasteiger partial charge in [0.15, 0.2) is 0 Å². The number of unbranched alkanes of at least 4 members (excludes halogenated alkanes) is 1. The fourth-order valence-electron chi connectivity index (χ4n) is 4.00. The summed E-state index contributed by atoms with van der Waals surface area (Å²) in [5.74, 6) is 0.133. The number of carboxylic acid groups (broad SMARTS) is 1. The largest absolute Gasteiger partial charge is 0.481 e. The molecule has 2 aromatic carbocycles. The maximum absolute atomic E-state index is 13.7. The molecule has 0 saturated carbocycles. The van der Waals surface area contributed by atoms with Crippen molar-refractivity contribution >= 4 is 68.2 Å². The second-order valence-electron chi connectivity index (χ2n) is 8.15. The van der Waals surface area contributed by atoms with Crippen LogP contribution in [0.25, 0.3) is 0 Å².